The Balaban J connectivity index is 2.47. The van der Waals surface area contributed by atoms with Crippen LogP contribution < -0.4 is 0 Å². The van der Waals surface area contributed by atoms with E-state index in [1.54, 1.807) is 31.3 Å². The van der Waals surface area contributed by atoms with Crippen LogP contribution in [0.2, 0.25) is 0 Å². The van der Waals surface area contributed by atoms with Gasteiger partial charge in [0.1, 0.15) is 5.75 Å². The second kappa shape index (κ2) is 3.69. The summed E-state index contributed by atoms with van der Waals surface area (Å²) in [5.74, 6) is -0.884. The highest BCUT2D eigenvalue weighted by Crippen LogP contribution is 2.22. The molecule has 0 amide bonds. The number of carbonyl (C=O) groups is 1. The molecule has 0 atom stereocenters. The second-order valence-electron chi connectivity index (χ2n) is 3.39. The van der Waals surface area contributed by atoms with E-state index in [9.17, 15) is 4.79 Å². The topological polar surface area (TPSA) is 75.4 Å². The zero-order valence-electron chi connectivity index (χ0n) is 8.58. The molecule has 0 spiro atoms. The molecule has 0 aliphatic carbocycles. The van der Waals surface area contributed by atoms with Crippen molar-refractivity contribution < 1.29 is 15.0 Å². The summed E-state index contributed by atoms with van der Waals surface area (Å²) in [6.45, 7) is 0. The van der Waals surface area contributed by atoms with Crippen molar-refractivity contribution in [3.05, 3.63) is 36.0 Å². The van der Waals surface area contributed by atoms with E-state index in [0.29, 0.717) is 5.69 Å². The number of carboxylic acid groups (broad SMARTS) is 1. The molecule has 5 heteroatoms. The van der Waals surface area contributed by atoms with Crippen molar-refractivity contribution in [3.63, 3.8) is 0 Å². The lowest BCUT2D eigenvalue weighted by Gasteiger charge is -2.01. The molecular weight excluding hydrogens is 208 g/mol. The van der Waals surface area contributed by atoms with Gasteiger partial charge in [-0.3, -0.25) is 4.68 Å². The zero-order valence-corrected chi connectivity index (χ0v) is 8.58. The first-order chi connectivity index (χ1) is 7.58. The molecule has 0 saturated heterocycles. The summed E-state index contributed by atoms with van der Waals surface area (Å²) >= 11 is 0. The van der Waals surface area contributed by atoms with Crippen LogP contribution in [-0.2, 0) is 7.05 Å². The van der Waals surface area contributed by atoms with E-state index in [2.05, 4.69) is 5.10 Å². The van der Waals surface area contributed by atoms with Crippen molar-refractivity contribution in [3.8, 4) is 17.0 Å². The van der Waals surface area contributed by atoms with Gasteiger partial charge in [-0.05, 0) is 30.3 Å². The molecule has 16 heavy (non-hydrogen) atoms. The molecule has 1 heterocycles. The molecule has 0 fully saturated rings. The number of aromatic nitrogens is 2. The molecule has 0 saturated carbocycles. The molecule has 82 valence electrons. The summed E-state index contributed by atoms with van der Waals surface area (Å²) in [5.41, 5.74) is 1.50. The summed E-state index contributed by atoms with van der Waals surface area (Å²) in [5, 5.41) is 21.8. The molecule has 0 aliphatic heterocycles. The molecule has 1 aromatic heterocycles. The smallest absolute Gasteiger partial charge is 0.356 e. The van der Waals surface area contributed by atoms with Gasteiger partial charge in [-0.15, -0.1) is 0 Å². The van der Waals surface area contributed by atoms with Crippen LogP contribution in [0.25, 0.3) is 11.3 Å². The number of carboxylic acids is 1. The minimum atomic E-state index is -1.05. The van der Waals surface area contributed by atoms with Crippen molar-refractivity contribution in [2.75, 3.05) is 0 Å². The summed E-state index contributed by atoms with van der Waals surface area (Å²) in [7, 11) is 1.68. The van der Waals surface area contributed by atoms with E-state index in [1.807, 2.05) is 0 Å². The highest BCUT2D eigenvalue weighted by atomic mass is 16.4. The number of benzene rings is 1. The van der Waals surface area contributed by atoms with E-state index >= 15 is 0 Å². The van der Waals surface area contributed by atoms with Crippen LogP contribution in [0.3, 0.4) is 0 Å². The Hall–Kier alpha value is -2.30. The zero-order chi connectivity index (χ0) is 11.7. The maximum Gasteiger partial charge on any atom is 0.356 e. The number of hydrogen-bond acceptors (Lipinski definition) is 3. The minimum absolute atomic E-state index is 0.00516. The molecule has 1 aromatic carbocycles. The fraction of sp³-hybridized carbons (Fsp3) is 0.0909. The van der Waals surface area contributed by atoms with Gasteiger partial charge in [0.2, 0.25) is 0 Å². The highest BCUT2D eigenvalue weighted by molar-refractivity contribution is 5.87. The molecule has 0 bridgehead atoms. The third kappa shape index (κ3) is 1.75. The first-order valence-electron chi connectivity index (χ1n) is 4.64. The molecule has 0 aliphatic rings. The third-order valence-corrected chi connectivity index (χ3v) is 2.26. The molecule has 2 rings (SSSR count). The van der Waals surface area contributed by atoms with Gasteiger partial charge in [-0.1, -0.05) is 0 Å². The number of phenolic OH excluding ortho intramolecular Hbond substituents is 1. The van der Waals surface area contributed by atoms with Crippen LogP contribution in [0.5, 0.6) is 5.75 Å². The number of nitrogens with zero attached hydrogens (tertiary/aromatic N) is 2. The Morgan fingerprint density at radius 2 is 1.94 bits per heavy atom. The van der Waals surface area contributed by atoms with Gasteiger partial charge in [0, 0.05) is 12.6 Å². The number of rotatable bonds is 2. The Bertz CT molecular complexity index is 529. The predicted octanol–water partition coefficient (Wildman–Crippen LogP) is 1.49. The Morgan fingerprint density at radius 1 is 1.31 bits per heavy atom. The van der Waals surface area contributed by atoms with Crippen molar-refractivity contribution in [2.24, 2.45) is 7.05 Å². The van der Waals surface area contributed by atoms with Crippen molar-refractivity contribution in [1.29, 1.82) is 0 Å². The first-order valence-corrected chi connectivity index (χ1v) is 4.64. The van der Waals surface area contributed by atoms with Crippen LogP contribution in [-0.4, -0.2) is 26.0 Å². The summed E-state index contributed by atoms with van der Waals surface area (Å²) in [6, 6.07) is 8.00. The van der Waals surface area contributed by atoms with Crippen LogP contribution in [0.1, 0.15) is 10.5 Å². The monoisotopic (exact) mass is 218 g/mol. The minimum Gasteiger partial charge on any atom is -0.508 e. The van der Waals surface area contributed by atoms with Gasteiger partial charge in [0.25, 0.3) is 0 Å². The Morgan fingerprint density at radius 3 is 2.44 bits per heavy atom. The van der Waals surface area contributed by atoms with Gasteiger partial charge in [-0.25, -0.2) is 4.79 Å². The van der Waals surface area contributed by atoms with Crippen molar-refractivity contribution in [1.82, 2.24) is 9.78 Å². The highest BCUT2D eigenvalue weighted by Gasteiger charge is 2.12. The standard InChI is InChI=1S/C11H10N2O3/c1-13-10(6-9(12-13)11(15)16)7-2-4-8(14)5-3-7/h2-6,14H,1H3,(H,15,16). The average molecular weight is 218 g/mol. The van der Waals surface area contributed by atoms with Crippen molar-refractivity contribution >= 4 is 5.97 Å². The van der Waals surface area contributed by atoms with Gasteiger partial charge >= 0.3 is 5.97 Å². The fourth-order valence-electron chi connectivity index (χ4n) is 1.47. The lowest BCUT2D eigenvalue weighted by atomic mass is 10.1. The fourth-order valence-corrected chi connectivity index (χ4v) is 1.47. The van der Waals surface area contributed by atoms with Gasteiger partial charge in [0.15, 0.2) is 5.69 Å². The van der Waals surface area contributed by atoms with Crippen molar-refractivity contribution in [2.45, 2.75) is 0 Å². The Kier molecular flexibility index (Phi) is 2.36. The van der Waals surface area contributed by atoms with Gasteiger partial charge in [0.05, 0.1) is 5.69 Å². The average Bonchev–Trinajstić information content (AvgIpc) is 2.62. The van der Waals surface area contributed by atoms with Crippen LogP contribution >= 0.6 is 0 Å². The predicted molar refractivity (Wildman–Crippen MR) is 57.3 cm³/mol. The Labute approximate surface area is 91.6 Å². The molecular formula is C11H10N2O3. The number of aromatic carboxylic acids is 1. The van der Waals surface area contributed by atoms with E-state index in [-0.39, 0.29) is 11.4 Å². The normalized spacial score (nSPS) is 10.3. The van der Waals surface area contributed by atoms with E-state index in [0.717, 1.165) is 5.56 Å². The van der Waals surface area contributed by atoms with Gasteiger partial charge in [-0.2, -0.15) is 5.10 Å². The molecule has 2 N–H and O–H groups in total. The molecule has 0 unspecified atom stereocenters. The van der Waals surface area contributed by atoms with Crippen LogP contribution in [0.4, 0.5) is 0 Å². The van der Waals surface area contributed by atoms with Gasteiger partial charge < -0.3 is 10.2 Å². The molecule has 2 aromatic rings. The molecule has 5 nitrogen and oxygen atoms in total. The number of phenols is 1. The second-order valence-corrected chi connectivity index (χ2v) is 3.39. The van der Waals surface area contributed by atoms with Crippen LogP contribution in [0.15, 0.2) is 30.3 Å². The maximum atomic E-state index is 10.7. The number of hydrogen-bond donors (Lipinski definition) is 2. The first kappa shape index (κ1) is 10.2. The SMILES string of the molecule is Cn1nc(C(=O)O)cc1-c1ccc(O)cc1. The lowest BCUT2D eigenvalue weighted by Crippen LogP contribution is -1.99. The largest absolute Gasteiger partial charge is 0.508 e. The van der Waals surface area contributed by atoms with Crippen LogP contribution in [0, 0.1) is 0 Å². The third-order valence-electron chi connectivity index (χ3n) is 2.26. The van der Waals surface area contributed by atoms with E-state index < -0.39 is 5.97 Å². The van der Waals surface area contributed by atoms with E-state index in [4.69, 9.17) is 10.2 Å². The number of aryl methyl sites for hydroxylation is 1. The number of aromatic hydroxyl groups is 1. The summed E-state index contributed by atoms with van der Waals surface area (Å²) < 4.78 is 1.50. The lowest BCUT2D eigenvalue weighted by molar-refractivity contribution is 0.0689. The molecule has 0 radical (unpaired) electrons. The maximum absolute atomic E-state index is 10.7. The summed E-state index contributed by atoms with van der Waals surface area (Å²) in [4.78, 5) is 10.7. The quantitative estimate of drug-likeness (QED) is 0.800. The van der Waals surface area contributed by atoms with E-state index in [1.165, 1.54) is 10.7 Å². The summed E-state index contributed by atoms with van der Waals surface area (Å²) in [6.07, 6.45) is 0.